The fraction of sp³-hybridized carbons (Fsp3) is 0.417. The molecule has 3 heteroatoms. The molecule has 0 aliphatic rings. The zero-order valence-corrected chi connectivity index (χ0v) is 9.72. The molecule has 1 aromatic carbocycles. The molecular formula is C12H18N2O. The average molecular weight is 206 g/mol. The van der Waals surface area contributed by atoms with E-state index in [1.165, 1.54) is 6.92 Å². The van der Waals surface area contributed by atoms with Crippen LogP contribution >= 0.6 is 0 Å². The molecule has 0 saturated carbocycles. The van der Waals surface area contributed by atoms with Crippen LogP contribution in [-0.4, -0.2) is 5.91 Å². The van der Waals surface area contributed by atoms with Gasteiger partial charge in [0, 0.05) is 6.92 Å². The highest BCUT2D eigenvalue weighted by molar-refractivity contribution is 5.92. The number of hydrogen-bond donors (Lipinski definition) is 2. The first-order chi connectivity index (χ1) is 6.80. The highest BCUT2D eigenvalue weighted by Crippen LogP contribution is 2.28. The first kappa shape index (κ1) is 11.6. The second-order valence-electron chi connectivity index (χ2n) is 4.73. The van der Waals surface area contributed by atoms with Gasteiger partial charge in [0.15, 0.2) is 0 Å². The van der Waals surface area contributed by atoms with Crippen molar-refractivity contribution >= 4 is 17.3 Å². The molecule has 1 rings (SSSR count). The van der Waals surface area contributed by atoms with Crippen molar-refractivity contribution in [1.82, 2.24) is 0 Å². The maximum absolute atomic E-state index is 10.9. The zero-order chi connectivity index (χ0) is 11.6. The fourth-order valence-electron chi connectivity index (χ4n) is 1.33. The van der Waals surface area contributed by atoms with Gasteiger partial charge in [0.2, 0.25) is 5.91 Å². The zero-order valence-electron chi connectivity index (χ0n) is 9.72. The monoisotopic (exact) mass is 206 g/mol. The average Bonchev–Trinajstić information content (AvgIpc) is 2.05. The minimum absolute atomic E-state index is 0.0723. The molecular weight excluding hydrogens is 188 g/mol. The highest BCUT2D eigenvalue weighted by atomic mass is 16.1. The molecule has 0 radical (unpaired) electrons. The van der Waals surface area contributed by atoms with Gasteiger partial charge in [-0.25, -0.2) is 0 Å². The van der Waals surface area contributed by atoms with Crippen LogP contribution in [0.3, 0.4) is 0 Å². The van der Waals surface area contributed by atoms with E-state index in [4.69, 9.17) is 5.73 Å². The number of benzene rings is 1. The van der Waals surface area contributed by atoms with Gasteiger partial charge < -0.3 is 11.1 Å². The quantitative estimate of drug-likeness (QED) is 0.694. The Morgan fingerprint density at radius 3 is 2.33 bits per heavy atom. The van der Waals surface area contributed by atoms with Crippen LogP contribution in [0.5, 0.6) is 0 Å². The number of amides is 1. The van der Waals surface area contributed by atoms with Crippen LogP contribution in [-0.2, 0) is 10.2 Å². The van der Waals surface area contributed by atoms with E-state index >= 15 is 0 Å². The number of carbonyl (C=O) groups excluding carboxylic acids is 1. The lowest BCUT2D eigenvalue weighted by molar-refractivity contribution is -0.114. The lowest BCUT2D eigenvalue weighted by Crippen LogP contribution is -2.13. The first-order valence-electron chi connectivity index (χ1n) is 4.98. The SMILES string of the molecule is CC(=O)Nc1ccc(C(C)(C)C)cc1N. The van der Waals surface area contributed by atoms with Gasteiger partial charge in [-0.1, -0.05) is 26.8 Å². The largest absolute Gasteiger partial charge is 0.397 e. The summed E-state index contributed by atoms with van der Waals surface area (Å²) < 4.78 is 0. The third-order valence-electron chi connectivity index (χ3n) is 2.23. The van der Waals surface area contributed by atoms with Crippen molar-refractivity contribution in [2.45, 2.75) is 33.1 Å². The van der Waals surface area contributed by atoms with Crippen molar-refractivity contribution in [1.29, 1.82) is 0 Å². The number of nitrogens with two attached hydrogens (primary N) is 1. The summed E-state index contributed by atoms with van der Waals surface area (Å²) in [6, 6.07) is 5.74. The number of nitrogen functional groups attached to an aromatic ring is 1. The molecule has 0 fully saturated rings. The Labute approximate surface area is 90.7 Å². The van der Waals surface area contributed by atoms with E-state index in [2.05, 4.69) is 26.1 Å². The molecule has 15 heavy (non-hydrogen) atoms. The maximum atomic E-state index is 10.9. The number of rotatable bonds is 1. The molecule has 0 aromatic heterocycles. The number of carbonyl (C=O) groups is 1. The third kappa shape index (κ3) is 2.98. The van der Waals surface area contributed by atoms with E-state index in [0.717, 1.165) is 5.56 Å². The van der Waals surface area contributed by atoms with Gasteiger partial charge in [-0.05, 0) is 23.1 Å². The molecule has 0 atom stereocenters. The highest BCUT2D eigenvalue weighted by Gasteiger charge is 2.14. The Bertz CT molecular complexity index is 378. The Morgan fingerprint density at radius 2 is 1.93 bits per heavy atom. The third-order valence-corrected chi connectivity index (χ3v) is 2.23. The van der Waals surface area contributed by atoms with Gasteiger partial charge in [0.1, 0.15) is 0 Å². The van der Waals surface area contributed by atoms with Crippen molar-refractivity contribution in [2.75, 3.05) is 11.1 Å². The van der Waals surface area contributed by atoms with E-state index in [1.807, 2.05) is 18.2 Å². The topological polar surface area (TPSA) is 55.1 Å². The normalized spacial score (nSPS) is 11.2. The Hall–Kier alpha value is -1.51. The van der Waals surface area contributed by atoms with Gasteiger partial charge in [-0.2, -0.15) is 0 Å². The summed E-state index contributed by atoms with van der Waals surface area (Å²) in [6.07, 6.45) is 0. The van der Waals surface area contributed by atoms with E-state index < -0.39 is 0 Å². The van der Waals surface area contributed by atoms with Gasteiger partial charge in [0.25, 0.3) is 0 Å². The number of nitrogens with one attached hydrogen (secondary N) is 1. The molecule has 0 unspecified atom stereocenters. The molecule has 0 heterocycles. The van der Waals surface area contributed by atoms with Crippen LogP contribution in [0.1, 0.15) is 33.3 Å². The Kier molecular flexibility index (Phi) is 3.03. The summed E-state index contributed by atoms with van der Waals surface area (Å²) in [6.45, 7) is 7.84. The van der Waals surface area contributed by atoms with Crippen LogP contribution in [0.25, 0.3) is 0 Å². The second kappa shape index (κ2) is 3.93. The molecule has 0 spiro atoms. The van der Waals surface area contributed by atoms with Gasteiger partial charge in [-0.15, -0.1) is 0 Å². The molecule has 1 aromatic rings. The molecule has 3 N–H and O–H groups in total. The lowest BCUT2D eigenvalue weighted by Gasteiger charge is -2.20. The van der Waals surface area contributed by atoms with Crippen molar-refractivity contribution in [3.8, 4) is 0 Å². The summed E-state index contributed by atoms with van der Waals surface area (Å²) in [5.74, 6) is -0.106. The van der Waals surface area contributed by atoms with Crippen molar-refractivity contribution in [3.05, 3.63) is 23.8 Å². The van der Waals surface area contributed by atoms with Crippen LogP contribution in [0, 0.1) is 0 Å². The van der Waals surface area contributed by atoms with E-state index in [-0.39, 0.29) is 11.3 Å². The van der Waals surface area contributed by atoms with Crippen molar-refractivity contribution in [2.24, 2.45) is 0 Å². The predicted molar refractivity (Wildman–Crippen MR) is 63.9 cm³/mol. The molecule has 3 nitrogen and oxygen atoms in total. The van der Waals surface area contributed by atoms with Crippen molar-refractivity contribution < 1.29 is 4.79 Å². The minimum atomic E-state index is -0.106. The summed E-state index contributed by atoms with van der Waals surface area (Å²) in [5, 5.41) is 2.69. The summed E-state index contributed by atoms with van der Waals surface area (Å²) in [4.78, 5) is 10.9. The summed E-state index contributed by atoms with van der Waals surface area (Å²) in [7, 11) is 0. The second-order valence-corrected chi connectivity index (χ2v) is 4.73. The van der Waals surface area contributed by atoms with Gasteiger partial charge >= 0.3 is 0 Å². The smallest absolute Gasteiger partial charge is 0.221 e. The maximum Gasteiger partial charge on any atom is 0.221 e. The van der Waals surface area contributed by atoms with Crippen LogP contribution < -0.4 is 11.1 Å². The van der Waals surface area contributed by atoms with Crippen LogP contribution in [0.2, 0.25) is 0 Å². The fourth-order valence-corrected chi connectivity index (χ4v) is 1.33. The molecule has 82 valence electrons. The predicted octanol–water partition coefficient (Wildman–Crippen LogP) is 2.52. The molecule has 0 aliphatic heterocycles. The van der Waals surface area contributed by atoms with Crippen LogP contribution in [0.4, 0.5) is 11.4 Å². The summed E-state index contributed by atoms with van der Waals surface area (Å²) in [5.41, 5.74) is 8.37. The van der Waals surface area contributed by atoms with Crippen molar-refractivity contribution in [3.63, 3.8) is 0 Å². The van der Waals surface area contributed by atoms with Crippen LogP contribution in [0.15, 0.2) is 18.2 Å². The van der Waals surface area contributed by atoms with E-state index in [0.29, 0.717) is 11.4 Å². The molecule has 0 saturated heterocycles. The first-order valence-corrected chi connectivity index (χ1v) is 4.98. The van der Waals surface area contributed by atoms with E-state index in [9.17, 15) is 4.79 Å². The van der Waals surface area contributed by atoms with E-state index in [1.54, 1.807) is 0 Å². The Balaban J connectivity index is 3.03. The minimum Gasteiger partial charge on any atom is -0.397 e. The summed E-state index contributed by atoms with van der Waals surface area (Å²) >= 11 is 0. The molecule has 1 amide bonds. The number of hydrogen-bond acceptors (Lipinski definition) is 2. The molecule has 0 bridgehead atoms. The standard InChI is InChI=1S/C12H18N2O/c1-8(15)14-11-6-5-9(7-10(11)13)12(2,3)4/h5-7H,13H2,1-4H3,(H,14,15). The lowest BCUT2D eigenvalue weighted by atomic mass is 9.86. The molecule has 0 aliphatic carbocycles. The van der Waals surface area contributed by atoms with Gasteiger partial charge in [-0.3, -0.25) is 4.79 Å². The number of anilines is 2. The Morgan fingerprint density at radius 1 is 1.33 bits per heavy atom. The van der Waals surface area contributed by atoms with Gasteiger partial charge in [0.05, 0.1) is 11.4 Å².